The molecule has 0 radical (unpaired) electrons. The van der Waals surface area contributed by atoms with Gasteiger partial charge in [0.2, 0.25) is 0 Å². The van der Waals surface area contributed by atoms with Crippen molar-refractivity contribution in [3.8, 4) is 5.75 Å². The van der Waals surface area contributed by atoms with Crippen LogP contribution >= 0.6 is 24.0 Å². The molecule has 1 aliphatic rings. The monoisotopic (exact) mass is 429 g/mol. The van der Waals surface area contributed by atoms with Crippen LogP contribution in [0.4, 0.5) is 0 Å². The Morgan fingerprint density at radius 1 is 1.30 bits per heavy atom. The van der Waals surface area contributed by atoms with Gasteiger partial charge in [0.05, 0.1) is 7.11 Å². The number of hydrogen-bond donors (Lipinski definition) is 2. The van der Waals surface area contributed by atoms with Crippen LogP contribution in [0.1, 0.15) is 31.7 Å². The molecule has 128 valence electrons. The Morgan fingerprint density at radius 3 is 2.78 bits per heavy atom. The Balaban J connectivity index is 0.00000264. The first-order valence-corrected chi connectivity index (χ1v) is 8.14. The van der Waals surface area contributed by atoms with Gasteiger partial charge in [0, 0.05) is 19.1 Å². The fraction of sp³-hybridized carbons (Fsp3) is 0.500. The summed E-state index contributed by atoms with van der Waals surface area (Å²) >= 11 is 0. The van der Waals surface area contributed by atoms with Crippen LogP contribution in [0.2, 0.25) is 0 Å². The topological polar surface area (TPSA) is 45.7 Å². The van der Waals surface area contributed by atoms with Crippen LogP contribution in [0.3, 0.4) is 0 Å². The molecular formula is C18H28IN3O. The molecule has 0 aromatic heterocycles. The lowest BCUT2D eigenvalue weighted by Gasteiger charge is -2.16. The fourth-order valence-corrected chi connectivity index (χ4v) is 2.55. The van der Waals surface area contributed by atoms with Crippen molar-refractivity contribution < 1.29 is 4.74 Å². The Bertz CT molecular complexity index is 509. The second-order valence-electron chi connectivity index (χ2n) is 5.50. The summed E-state index contributed by atoms with van der Waals surface area (Å²) in [7, 11) is 1.70. The van der Waals surface area contributed by atoms with E-state index in [1.807, 2.05) is 12.1 Å². The van der Waals surface area contributed by atoms with Gasteiger partial charge in [-0.2, -0.15) is 0 Å². The second-order valence-corrected chi connectivity index (χ2v) is 5.50. The molecule has 23 heavy (non-hydrogen) atoms. The van der Waals surface area contributed by atoms with E-state index < -0.39 is 0 Å². The van der Waals surface area contributed by atoms with Crippen molar-refractivity contribution in [3.05, 3.63) is 42.0 Å². The van der Waals surface area contributed by atoms with Gasteiger partial charge in [0.25, 0.3) is 0 Å². The van der Waals surface area contributed by atoms with E-state index in [0.717, 1.165) is 50.5 Å². The normalized spacial score (nSPS) is 14.4. The number of benzene rings is 1. The standard InChI is InChI=1S/C18H27N3O.HI/c1-3-19-18(21-16-10-4-5-11-16)20-13-7-9-15-8-6-12-17(14-15)22-2;/h4-6,8,12,14,16H,3,7,9-11,13H2,1-2H3,(H2,19,20,21);1H. The summed E-state index contributed by atoms with van der Waals surface area (Å²) < 4.78 is 5.25. The number of halogens is 1. The highest BCUT2D eigenvalue weighted by Crippen LogP contribution is 2.14. The highest BCUT2D eigenvalue weighted by molar-refractivity contribution is 14.0. The van der Waals surface area contributed by atoms with Crippen molar-refractivity contribution in [1.29, 1.82) is 0 Å². The van der Waals surface area contributed by atoms with Gasteiger partial charge in [-0.15, -0.1) is 24.0 Å². The molecule has 4 nitrogen and oxygen atoms in total. The summed E-state index contributed by atoms with van der Waals surface area (Å²) in [5, 5.41) is 6.81. The van der Waals surface area contributed by atoms with Crippen molar-refractivity contribution in [3.63, 3.8) is 0 Å². The lowest BCUT2D eigenvalue weighted by molar-refractivity contribution is 0.414. The highest BCUT2D eigenvalue weighted by Gasteiger charge is 2.11. The molecule has 2 N–H and O–H groups in total. The van der Waals surface area contributed by atoms with E-state index in [9.17, 15) is 0 Å². The average Bonchev–Trinajstić information content (AvgIpc) is 3.05. The van der Waals surface area contributed by atoms with Crippen molar-refractivity contribution in [2.45, 2.75) is 38.6 Å². The number of nitrogens with one attached hydrogen (secondary N) is 2. The maximum Gasteiger partial charge on any atom is 0.191 e. The molecule has 0 heterocycles. The van der Waals surface area contributed by atoms with Crippen LogP contribution in [-0.2, 0) is 6.42 Å². The van der Waals surface area contributed by atoms with E-state index in [2.05, 4.69) is 46.8 Å². The van der Waals surface area contributed by atoms with E-state index in [1.165, 1.54) is 5.56 Å². The molecule has 5 heteroatoms. The van der Waals surface area contributed by atoms with Gasteiger partial charge in [-0.1, -0.05) is 24.3 Å². The molecule has 0 saturated heterocycles. The Hall–Kier alpha value is -1.24. The van der Waals surface area contributed by atoms with E-state index in [0.29, 0.717) is 6.04 Å². The molecule has 0 bridgehead atoms. The van der Waals surface area contributed by atoms with E-state index >= 15 is 0 Å². The highest BCUT2D eigenvalue weighted by atomic mass is 127. The molecular weight excluding hydrogens is 401 g/mol. The molecule has 0 atom stereocenters. The van der Waals surface area contributed by atoms with Crippen molar-refractivity contribution >= 4 is 29.9 Å². The average molecular weight is 429 g/mol. The van der Waals surface area contributed by atoms with Gasteiger partial charge < -0.3 is 15.4 Å². The summed E-state index contributed by atoms with van der Waals surface area (Å²) in [5.74, 6) is 1.85. The number of ether oxygens (including phenoxy) is 1. The van der Waals surface area contributed by atoms with E-state index in [1.54, 1.807) is 7.11 Å². The summed E-state index contributed by atoms with van der Waals surface area (Å²) in [6.45, 7) is 3.81. The number of guanidine groups is 1. The maximum absolute atomic E-state index is 5.25. The molecule has 2 rings (SSSR count). The zero-order chi connectivity index (χ0) is 15.6. The second kappa shape index (κ2) is 11.3. The first-order chi connectivity index (χ1) is 10.8. The zero-order valence-corrected chi connectivity index (χ0v) is 16.4. The third-order valence-electron chi connectivity index (χ3n) is 3.72. The zero-order valence-electron chi connectivity index (χ0n) is 14.0. The van der Waals surface area contributed by atoms with Crippen LogP contribution in [0.25, 0.3) is 0 Å². The molecule has 0 unspecified atom stereocenters. The molecule has 1 aliphatic carbocycles. The van der Waals surface area contributed by atoms with Gasteiger partial charge in [0.1, 0.15) is 5.75 Å². The summed E-state index contributed by atoms with van der Waals surface area (Å²) in [6.07, 6.45) is 8.69. The molecule has 0 aliphatic heterocycles. The van der Waals surface area contributed by atoms with E-state index in [4.69, 9.17) is 4.74 Å². The van der Waals surface area contributed by atoms with Crippen LogP contribution in [0.5, 0.6) is 5.75 Å². The molecule has 0 amide bonds. The maximum atomic E-state index is 5.25. The van der Waals surface area contributed by atoms with Gasteiger partial charge in [0.15, 0.2) is 5.96 Å². The summed E-state index contributed by atoms with van der Waals surface area (Å²) in [6, 6.07) is 8.74. The lowest BCUT2D eigenvalue weighted by Crippen LogP contribution is -2.42. The summed E-state index contributed by atoms with van der Waals surface area (Å²) in [4.78, 5) is 4.67. The number of rotatable bonds is 7. The Kier molecular flexibility index (Phi) is 9.75. The van der Waals surface area contributed by atoms with E-state index in [-0.39, 0.29) is 24.0 Å². The molecule has 1 aromatic rings. The third kappa shape index (κ3) is 7.24. The largest absolute Gasteiger partial charge is 0.497 e. The fourth-order valence-electron chi connectivity index (χ4n) is 2.55. The lowest BCUT2D eigenvalue weighted by atomic mass is 10.1. The van der Waals surface area contributed by atoms with Crippen LogP contribution in [0, 0.1) is 0 Å². The predicted octanol–water partition coefficient (Wildman–Crippen LogP) is 3.52. The summed E-state index contributed by atoms with van der Waals surface area (Å²) in [5.41, 5.74) is 1.30. The SMILES string of the molecule is CCNC(=NCCCc1cccc(OC)c1)NC1CC=CC1.I. The number of hydrogen-bond acceptors (Lipinski definition) is 2. The number of aryl methyl sites for hydroxylation is 1. The number of aliphatic imine (C=N–C) groups is 1. The van der Waals surface area contributed by atoms with Gasteiger partial charge >= 0.3 is 0 Å². The minimum absolute atomic E-state index is 0. The van der Waals surface area contributed by atoms with Crippen LogP contribution in [-0.4, -0.2) is 32.2 Å². The molecule has 0 fully saturated rings. The Morgan fingerprint density at radius 2 is 2.09 bits per heavy atom. The predicted molar refractivity (Wildman–Crippen MR) is 108 cm³/mol. The minimum Gasteiger partial charge on any atom is -0.497 e. The number of methoxy groups -OCH3 is 1. The number of nitrogens with zero attached hydrogens (tertiary/aromatic N) is 1. The van der Waals surface area contributed by atoms with Gasteiger partial charge in [-0.25, -0.2) is 0 Å². The quantitative estimate of drug-likeness (QED) is 0.229. The minimum atomic E-state index is 0. The van der Waals surface area contributed by atoms with Crippen molar-refractivity contribution in [2.75, 3.05) is 20.2 Å². The molecule has 0 spiro atoms. The van der Waals surface area contributed by atoms with Gasteiger partial charge in [-0.05, 0) is 50.3 Å². The molecule has 1 aromatic carbocycles. The Labute approximate surface area is 156 Å². The van der Waals surface area contributed by atoms with Crippen LogP contribution in [0.15, 0.2) is 41.4 Å². The van der Waals surface area contributed by atoms with Crippen molar-refractivity contribution in [1.82, 2.24) is 10.6 Å². The smallest absolute Gasteiger partial charge is 0.191 e. The first-order valence-electron chi connectivity index (χ1n) is 8.14. The van der Waals surface area contributed by atoms with Gasteiger partial charge in [-0.3, -0.25) is 4.99 Å². The van der Waals surface area contributed by atoms with Crippen molar-refractivity contribution in [2.24, 2.45) is 4.99 Å². The molecule has 0 saturated carbocycles. The third-order valence-corrected chi connectivity index (χ3v) is 3.72. The van der Waals surface area contributed by atoms with Crippen LogP contribution < -0.4 is 15.4 Å². The first kappa shape index (κ1) is 19.8.